The van der Waals surface area contributed by atoms with E-state index in [-0.39, 0.29) is 11.8 Å². The number of nitro benzene ring substituents is 1. The molecule has 1 aliphatic heterocycles. The number of nitrogens with zero attached hydrogens (tertiary/aromatic N) is 2. The lowest BCUT2D eigenvalue weighted by Gasteiger charge is -2.21. The first kappa shape index (κ1) is 13.8. The van der Waals surface area contributed by atoms with Gasteiger partial charge in [-0.05, 0) is 44.3 Å². The van der Waals surface area contributed by atoms with Crippen molar-refractivity contribution in [3.63, 3.8) is 0 Å². The number of piperidine rings is 1. The Kier molecular flexibility index (Phi) is 4.01. The van der Waals surface area contributed by atoms with E-state index in [1.165, 1.54) is 25.0 Å². The van der Waals surface area contributed by atoms with Gasteiger partial charge in [0.05, 0.1) is 11.5 Å². The molecule has 0 bridgehead atoms. The molecule has 1 aromatic carbocycles. The summed E-state index contributed by atoms with van der Waals surface area (Å²) < 4.78 is 10.9. The van der Waals surface area contributed by atoms with Gasteiger partial charge in [0.2, 0.25) is 0 Å². The van der Waals surface area contributed by atoms with Crippen molar-refractivity contribution in [1.29, 1.82) is 0 Å². The minimum atomic E-state index is -0.453. The summed E-state index contributed by atoms with van der Waals surface area (Å²) in [5, 5.41) is 14.0. The van der Waals surface area contributed by atoms with E-state index >= 15 is 0 Å². The number of ether oxygens (including phenoxy) is 1. The monoisotopic (exact) mass is 291 g/mol. The largest absolute Gasteiger partial charge is 0.450 e. The molecule has 0 radical (unpaired) electrons. The SMILES string of the molecule is O=[N+]([O-])c1ccc2oc(OCCC3CCNCC3)nc2c1. The van der Waals surface area contributed by atoms with Gasteiger partial charge in [0.25, 0.3) is 5.69 Å². The van der Waals surface area contributed by atoms with Gasteiger partial charge in [-0.2, -0.15) is 4.98 Å². The molecular formula is C14H17N3O4. The van der Waals surface area contributed by atoms with E-state index in [0.29, 0.717) is 23.6 Å². The van der Waals surface area contributed by atoms with Gasteiger partial charge in [-0.3, -0.25) is 10.1 Å². The molecule has 0 amide bonds. The molecule has 1 aromatic heterocycles. The molecule has 1 fully saturated rings. The Morgan fingerprint density at radius 2 is 2.24 bits per heavy atom. The Morgan fingerprint density at radius 1 is 1.43 bits per heavy atom. The summed E-state index contributed by atoms with van der Waals surface area (Å²) in [7, 11) is 0. The van der Waals surface area contributed by atoms with Crippen molar-refractivity contribution in [2.24, 2.45) is 5.92 Å². The first-order valence-corrected chi connectivity index (χ1v) is 7.11. The number of hydrogen-bond donors (Lipinski definition) is 1. The van der Waals surface area contributed by atoms with Crippen molar-refractivity contribution in [3.8, 4) is 6.08 Å². The zero-order valence-electron chi connectivity index (χ0n) is 11.6. The molecule has 0 unspecified atom stereocenters. The van der Waals surface area contributed by atoms with Crippen LogP contribution < -0.4 is 10.1 Å². The normalized spacial score (nSPS) is 16.2. The topological polar surface area (TPSA) is 90.4 Å². The van der Waals surface area contributed by atoms with E-state index in [9.17, 15) is 10.1 Å². The third-order valence-electron chi connectivity index (χ3n) is 3.77. The van der Waals surface area contributed by atoms with Gasteiger partial charge in [0, 0.05) is 12.1 Å². The number of nitrogens with one attached hydrogen (secondary N) is 1. The lowest BCUT2D eigenvalue weighted by Crippen LogP contribution is -2.28. The van der Waals surface area contributed by atoms with Crippen LogP contribution in [0, 0.1) is 16.0 Å². The maximum atomic E-state index is 10.7. The van der Waals surface area contributed by atoms with Crippen LogP contribution >= 0.6 is 0 Å². The third-order valence-corrected chi connectivity index (χ3v) is 3.77. The average molecular weight is 291 g/mol. The highest BCUT2D eigenvalue weighted by Gasteiger charge is 2.15. The fourth-order valence-corrected chi connectivity index (χ4v) is 2.55. The Balaban J connectivity index is 1.60. The molecule has 0 saturated carbocycles. The van der Waals surface area contributed by atoms with Crippen molar-refractivity contribution in [2.75, 3.05) is 19.7 Å². The Bertz CT molecular complexity index is 634. The summed E-state index contributed by atoms with van der Waals surface area (Å²) in [6.45, 7) is 2.69. The molecule has 3 rings (SSSR count). The van der Waals surface area contributed by atoms with Crippen LogP contribution in [0.4, 0.5) is 5.69 Å². The predicted octanol–water partition coefficient (Wildman–Crippen LogP) is 2.50. The smallest absolute Gasteiger partial charge is 0.394 e. The van der Waals surface area contributed by atoms with E-state index in [4.69, 9.17) is 9.15 Å². The van der Waals surface area contributed by atoms with Crippen LogP contribution in [-0.4, -0.2) is 29.6 Å². The summed E-state index contributed by atoms with van der Waals surface area (Å²) in [5.74, 6) is 0.678. The fourth-order valence-electron chi connectivity index (χ4n) is 2.55. The van der Waals surface area contributed by atoms with Crippen LogP contribution in [-0.2, 0) is 0 Å². The first-order valence-electron chi connectivity index (χ1n) is 7.11. The van der Waals surface area contributed by atoms with E-state index in [1.54, 1.807) is 6.07 Å². The zero-order valence-corrected chi connectivity index (χ0v) is 11.6. The standard InChI is InChI=1S/C14H17N3O4/c18-17(19)11-1-2-13-12(9-11)16-14(21-13)20-8-5-10-3-6-15-7-4-10/h1-2,9-10,15H,3-8H2. The number of hydrogen-bond acceptors (Lipinski definition) is 6. The zero-order chi connectivity index (χ0) is 14.7. The van der Waals surface area contributed by atoms with E-state index in [2.05, 4.69) is 10.3 Å². The van der Waals surface area contributed by atoms with Crippen molar-refractivity contribution >= 4 is 16.8 Å². The van der Waals surface area contributed by atoms with Crippen LogP contribution in [0.25, 0.3) is 11.1 Å². The number of benzene rings is 1. The second-order valence-electron chi connectivity index (χ2n) is 5.22. The first-order chi connectivity index (χ1) is 10.2. The molecule has 0 spiro atoms. The number of fused-ring (bicyclic) bond motifs is 1. The Hall–Kier alpha value is -2.15. The van der Waals surface area contributed by atoms with Crippen LogP contribution in [0.3, 0.4) is 0 Å². The Labute approximate surface area is 121 Å². The van der Waals surface area contributed by atoms with Gasteiger partial charge in [-0.1, -0.05) is 0 Å². The number of aromatic nitrogens is 1. The fraction of sp³-hybridized carbons (Fsp3) is 0.500. The number of oxazole rings is 1. The summed E-state index contributed by atoms with van der Waals surface area (Å²) in [5.41, 5.74) is 0.940. The van der Waals surface area contributed by atoms with Gasteiger partial charge in [0.1, 0.15) is 5.52 Å². The van der Waals surface area contributed by atoms with Crippen molar-refractivity contribution < 1.29 is 14.1 Å². The van der Waals surface area contributed by atoms with Gasteiger partial charge in [0.15, 0.2) is 5.58 Å². The predicted molar refractivity (Wildman–Crippen MR) is 76.4 cm³/mol. The highest BCUT2D eigenvalue weighted by molar-refractivity contribution is 5.75. The van der Waals surface area contributed by atoms with Crippen LogP contribution in [0.5, 0.6) is 6.08 Å². The molecule has 1 saturated heterocycles. The van der Waals surface area contributed by atoms with Crippen LogP contribution in [0.2, 0.25) is 0 Å². The van der Waals surface area contributed by atoms with Crippen LogP contribution in [0.15, 0.2) is 22.6 Å². The highest BCUT2D eigenvalue weighted by Crippen LogP contribution is 2.25. The second kappa shape index (κ2) is 6.09. The van der Waals surface area contributed by atoms with Gasteiger partial charge < -0.3 is 14.5 Å². The third kappa shape index (κ3) is 3.30. The maximum absolute atomic E-state index is 10.7. The summed E-state index contributed by atoms with van der Waals surface area (Å²) in [6.07, 6.45) is 3.49. The van der Waals surface area contributed by atoms with Crippen molar-refractivity contribution in [3.05, 3.63) is 28.3 Å². The molecule has 0 atom stereocenters. The average Bonchev–Trinajstić information content (AvgIpc) is 2.90. The molecule has 21 heavy (non-hydrogen) atoms. The summed E-state index contributed by atoms with van der Waals surface area (Å²) in [4.78, 5) is 14.4. The van der Waals surface area contributed by atoms with Crippen molar-refractivity contribution in [2.45, 2.75) is 19.3 Å². The molecule has 2 aromatic rings. The number of rotatable bonds is 5. The molecule has 0 aliphatic carbocycles. The van der Waals surface area contributed by atoms with Gasteiger partial charge in [-0.15, -0.1) is 0 Å². The van der Waals surface area contributed by atoms with Gasteiger partial charge >= 0.3 is 6.08 Å². The minimum absolute atomic E-state index is 0.00273. The quantitative estimate of drug-likeness (QED) is 0.672. The maximum Gasteiger partial charge on any atom is 0.394 e. The molecule has 1 N–H and O–H groups in total. The highest BCUT2D eigenvalue weighted by atomic mass is 16.6. The Morgan fingerprint density at radius 3 is 3.00 bits per heavy atom. The lowest BCUT2D eigenvalue weighted by atomic mass is 9.95. The van der Waals surface area contributed by atoms with E-state index in [0.717, 1.165) is 19.5 Å². The number of nitro groups is 1. The van der Waals surface area contributed by atoms with E-state index < -0.39 is 4.92 Å². The summed E-state index contributed by atoms with van der Waals surface area (Å²) >= 11 is 0. The lowest BCUT2D eigenvalue weighted by molar-refractivity contribution is -0.384. The molecular weight excluding hydrogens is 274 g/mol. The molecule has 112 valence electrons. The van der Waals surface area contributed by atoms with Crippen LogP contribution in [0.1, 0.15) is 19.3 Å². The van der Waals surface area contributed by atoms with E-state index in [1.807, 2.05) is 0 Å². The van der Waals surface area contributed by atoms with Crippen molar-refractivity contribution in [1.82, 2.24) is 10.3 Å². The molecule has 7 nitrogen and oxygen atoms in total. The molecule has 1 aliphatic rings. The van der Waals surface area contributed by atoms with Gasteiger partial charge in [-0.25, -0.2) is 0 Å². The molecule has 2 heterocycles. The minimum Gasteiger partial charge on any atom is -0.450 e. The second-order valence-corrected chi connectivity index (χ2v) is 5.22. The molecule has 7 heteroatoms. The number of non-ortho nitro benzene ring substituents is 1. The summed E-state index contributed by atoms with van der Waals surface area (Å²) in [6, 6.07) is 4.32.